The zero-order chi connectivity index (χ0) is 13.7. The summed E-state index contributed by atoms with van der Waals surface area (Å²) >= 11 is 11.8. The van der Waals surface area contributed by atoms with Gasteiger partial charge in [-0.05, 0) is 36.9 Å². The van der Waals surface area contributed by atoms with Crippen LogP contribution in [-0.4, -0.2) is 6.54 Å². The van der Waals surface area contributed by atoms with E-state index in [9.17, 15) is 0 Å². The van der Waals surface area contributed by atoms with E-state index in [2.05, 4.69) is 12.2 Å². The molecule has 1 aromatic carbocycles. The lowest BCUT2D eigenvalue weighted by Gasteiger charge is -2.05. The maximum atomic E-state index is 5.90. The molecule has 0 saturated heterocycles. The molecule has 2 aromatic rings. The van der Waals surface area contributed by atoms with E-state index >= 15 is 0 Å². The Labute approximate surface area is 122 Å². The molecule has 1 aromatic heterocycles. The van der Waals surface area contributed by atoms with Gasteiger partial charge in [-0.25, -0.2) is 0 Å². The molecule has 0 unspecified atom stereocenters. The maximum absolute atomic E-state index is 5.90. The number of hydrogen-bond donors (Lipinski definition) is 1. The molecule has 0 aliphatic heterocycles. The van der Waals surface area contributed by atoms with Gasteiger partial charge in [0, 0.05) is 10.0 Å². The first-order valence-corrected chi connectivity index (χ1v) is 6.80. The summed E-state index contributed by atoms with van der Waals surface area (Å²) in [6, 6.07) is 8.94. The summed E-state index contributed by atoms with van der Waals surface area (Å²) in [5, 5.41) is 4.30. The van der Waals surface area contributed by atoms with Gasteiger partial charge in [-0.3, -0.25) is 0 Å². The predicted molar refractivity (Wildman–Crippen MR) is 76.9 cm³/mol. The van der Waals surface area contributed by atoms with E-state index in [4.69, 9.17) is 32.4 Å². The van der Waals surface area contributed by atoms with Crippen molar-refractivity contribution in [1.82, 2.24) is 5.32 Å². The lowest BCUT2D eigenvalue weighted by molar-refractivity contribution is 0.265. The Balaban J connectivity index is 1.92. The van der Waals surface area contributed by atoms with E-state index in [1.54, 1.807) is 18.2 Å². The first kappa shape index (κ1) is 14.3. The molecule has 102 valence electrons. The second-order valence-electron chi connectivity index (χ2n) is 4.04. The summed E-state index contributed by atoms with van der Waals surface area (Å²) < 4.78 is 11.2. The van der Waals surface area contributed by atoms with E-state index in [1.807, 2.05) is 12.1 Å². The van der Waals surface area contributed by atoms with Crippen molar-refractivity contribution >= 4 is 23.2 Å². The minimum absolute atomic E-state index is 0.350. The summed E-state index contributed by atoms with van der Waals surface area (Å²) in [5.74, 6) is 2.29. The number of ether oxygens (including phenoxy) is 1. The highest BCUT2D eigenvalue weighted by molar-refractivity contribution is 6.34. The van der Waals surface area contributed by atoms with Gasteiger partial charge in [0.1, 0.15) is 23.9 Å². The number of nitrogens with one attached hydrogen (secondary N) is 1. The van der Waals surface area contributed by atoms with E-state index in [-0.39, 0.29) is 0 Å². The minimum Gasteiger partial charge on any atom is -0.486 e. The third kappa shape index (κ3) is 4.46. The molecular weight excluding hydrogens is 285 g/mol. The monoisotopic (exact) mass is 299 g/mol. The normalized spacial score (nSPS) is 10.7. The van der Waals surface area contributed by atoms with Crippen LogP contribution in [0.3, 0.4) is 0 Å². The second-order valence-corrected chi connectivity index (χ2v) is 4.92. The van der Waals surface area contributed by atoms with Gasteiger partial charge < -0.3 is 14.5 Å². The Morgan fingerprint density at radius 1 is 1.11 bits per heavy atom. The summed E-state index contributed by atoms with van der Waals surface area (Å²) in [7, 11) is 0. The molecule has 0 atom stereocenters. The van der Waals surface area contributed by atoms with E-state index in [1.165, 1.54) is 0 Å². The van der Waals surface area contributed by atoms with Gasteiger partial charge in [0.2, 0.25) is 0 Å². The van der Waals surface area contributed by atoms with Gasteiger partial charge in [-0.2, -0.15) is 0 Å². The summed E-state index contributed by atoms with van der Waals surface area (Å²) in [4.78, 5) is 0. The molecule has 0 aliphatic rings. The lowest BCUT2D eigenvalue weighted by Crippen LogP contribution is -2.10. The molecule has 2 rings (SSSR count). The van der Waals surface area contributed by atoms with Gasteiger partial charge >= 0.3 is 0 Å². The van der Waals surface area contributed by atoms with E-state index < -0.39 is 0 Å². The number of halogens is 2. The Morgan fingerprint density at radius 2 is 1.79 bits per heavy atom. The summed E-state index contributed by atoms with van der Waals surface area (Å²) in [6.07, 6.45) is 0. The molecule has 0 aliphatic carbocycles. The fraction of sp³-hybridized carbons (Fsp3) is 0.286. The summed E-state index contributed by atoms with van der Waals surface area (Å²) in [6.45, 7) is 4.03. The van der Waals surface area contributed by atoms with Crippen molar-refractivity contribution in [2.24, 2.45) is 0 Å². The zero-order valence-electron chi connectivity index (χ0n) is 10.6. The van der Waals surface area contributed by atoms with Crippen LogP contribution in [0.1, 0.15) is 18.4 Å². The highest BCUT2D eigenvalue weighted by Gasteiger charge is 2.04. The SMILES string of the molecule is CCNCc1ccc(COc2cc(Cl)cc(Cl)c2)o1. The number of rotatable bonds is 6. The molecule has 5 heteroatoms. The van der Waals surface area contributed by atoms with Crippen LogP contribution in [0.5, 0.6) is 5.75 Å². The first-order chi connectivity index (χ1) is 9.17. The van der Waals surface area contributed by atoms with E-state index in [0.717, 1.165) is 24.6 Å². The second kappa shape index (κ2) is 6.85. The fourth-order valence-electron chi connectivity index (χ4n) is 1.61. The number of hydrogen-bond acceptors (Lipinski definition) is 3. The predicted octanol–water partition coefficient (Wildman–Crippen LogP) is 4.27. The largest absolute Gasteiger partial charge is 0.486 e. The number of furan rings is 1. The lowest BCUT2D eigenvalue weighted by atomic mass is 10.3. The van der Waals surface area contributed by atoms with Crippen molar-refractivity contribution in [1.29, 1.82) is 0 Å². The van der Waals surface area contributed by atoms with Crippen molar-refractivity contribution in [3.63, 3.8) is 0 Å². The average Bonchev–Trinajstić information content (AvgIpc) is 2.81. The van der Waals surface area contributed by atoms with Crippen LogP contribution >= 0.6 is 23.2 Å². The molecular formula is C14H15Cl2NO2. The first-order valence-electron chi connectivity index (χ1n) is 6.04. The van der Waals surface area contributed by atoms with Crippen molar-refractivity contribution in [3.05, 3.63) is 51.9 Å². The van der Waals surface area contributed by atoms with Crippen molar-refractivity contribution < 1.29 is 9.15 Å². The van der Waals surface area contributed by atoms with Gasteiger partial charge in [0.15, 0.2) is 0 Å². The van der Waals surface area contributed by atoms with Gasteiger partial charge in [-0.1, -0.05) is 30.1 Å². The van der Waals surface area contributed by atoms with Crippen LogP contribution < -0.4 is 10.1 Å². The van der Waals surface area contributed by atoms with Crippen LogP contribution in [0.15, 0.2) is 34.7 Å². The molecule has 3 nitrogen and oxygen atoms in total. The van der Waals surface area contributed by atoms with Crippen molar-refractivity contribution in [3.8, 4) is 5.75 Å². The molecule has 0 radical (unpaired) electrons. The maximum Gasteiger partial charge on any atom is 0.146 e. The molecule has 0 spiro atoms. The van der Waals surface area contributed by atoms with Crippen LogP contribution in [0.4, 0.5) is 0 Å². The average molecular weight is 300 g/mol. The van der Waals surface area contributed by atoms with Crippen molar-refractivity contribution in [2.75, 3.05) is 6.54 Å². The van der Waals surface area contributed by atoms with Crippen LogP contribution in [0, 0.1) is 0 Å². The van der Waals surface area contributed by atoms with Crippen molar-refractivity contribution in [2.45, 2.75) is 20.1 Å². The molecule has 0 amide bonds. The molecule has 0 saturated carbocycles. The Bertz CT molecular complexity index is 520. The van der Waals surface area contributed by atoms with E-state index in [0.29, 0.717) is 22.4 Å². The summed E-state index contributed by atoms with van der Waals surface area (Å²) in [5.41, 5.74) is 0. The third-order valence-electron chi connectivity index (χ3n) is 2.48. The Hall–Kier alpha value is -1.16. The van der Waals surface area contributed by atoms with Crippen LogP contribution in [0.2, 0.25) is 10.0 Å². The highest BCUT2D eigenvalue weighted by atomic mass is 35.5. The standard InChI is InChI=1S/C14H15Cl2NO2/c1-2-17-8-12-3-4-13(19-12)9-18-14-6-10(15)5-11(16)7-14/h3-7,17H,2,8-9H2,1H3. The fourth-order valence-corrected chi connectivity index (χ4v) is 2.12. The van der Waals surface area contributed by atoms with Gasteiger partial charge in [0.05, 0.1) is 6.54 Å². The highest BCUT2D eigenvalue weighted by Crippen LogP contribution is 2.25. The van der Waals surface area contributed by atoms with Crippen LogP contribution in [-0.2, 0) is 13.2 Å². The zero-order valence-corrected chi connectivity index (χ0v) is 12.1. The third-order valence-corrected chi connectivity index (χ3v) is 2.92. The van der Waals surface area contributed by atoms with Gasteiger partial charge in [0.25, 0.3) is 0 Å². The Kier molecular flexibility index (Phi) is 5.14. The minimum atomic E-state index is 0.350. The smallest absolute Gasteiger partial charge is 0.146 e. The molecule has 19 heavy (non-hydrogen) atoms. The molecule has 0 fully saturated rings. The topological polar surface area (TPSA) is 34.4 Å². The van der Waals surface area contributed by atoms with Gasteiger partial charge in [-0.15, -0.1) is 0 Å². The van der Waals surface area contributed by atoms with Crippen LogP contribution in [0.25, 0.3) is 0 Å². The molecule has 1 heterocycles. The molecule has 1 N–H and O–H groups in total. The number of benzene rings is 1. The quantitative estimate of drug-likeness (QED) is 0.865. The molecule has 0 bridgehead atoms. The Morgan fingerprint density at radius 3 is 2.47 bits per heavy atom.